The number of morpholine rings is 1. The Morgan fingerprint density at radius 3 is 3.04 bits per heavy atom. The van der Waals surface area contributed by atoms with Gasteiger partial charge in [-0.25, -0.2) is 4.99 Å². The number of pyridine rings is 1. The molecule has 8 heteroatoms. The average Bonchev–Trinajstić information content (AvgIpc) is 2.79. The van der Waals surface area contributed by atoms with Gasteiger partial charge >= 0.3 is 0 Å². The van der Waals surface area contributed by atoms with Crippen molar-refractivity contribution in [3.63, 3.8) is 0 Å². The summed E-state index contributed by atoms with van der Waals surface area (Å²) in [4.78, 5) is 25.8. The molecule has 2 saturated heterocycles. The molecule has 1 N–H and O–H groups in total. The molecule has 1 aromatic heterocycles. The minimum Gasteiger partial charge on any atom is -0.490 e. The van der Waals surface area contributed by atoms with E-state index < -0.39 is 0 Å². The van der Waals surface area contributed by atoms with E-state index in [2.05, 4.69) is 15.2 Å². The number of hydrogen-bond donors (Lipinski definition) is 1. The Labute approximate surface area is 165 Å². The van der Waals surface area contributed by atoms with Gasteiger partial charge in [0.2, 0.25) is 0 Å². The molecule has 8 nitrogen and oxygen atoms in total. The Balaban J connectivity index is 1.43. The Hall–Kier alpha value is -2.45. The smallest absolute Gasteiger partial charge is 0.272 e. The van der Waals surface area contributed by atoms with Crippen LogP contribution in [0.4, 0.5) is 0 Å². The first kappa shape index (κ1) is 18.9. The van der Waals surface area contributed by atoms with E-state index in [-0.39, 0.29) is 11.9 Å². The number of amides is 1. The van der Waals surface area contributed by atoms with E-state index in [9.17, 15) is 4.79 Å². The zero-order chi connectivity index (χ0) is 19.2. The normalized spacial score (nSPS) is 23.1. The highest BCUT2D eigenvalue weighted by Crippen LogP contribution is 2.19. The number of carbonyl (C=O) groups is 1. The summed E-state index contributed by atoms with van der Waals surface area (Å²) in [6, 6.07) is 3.95. The van der Waals surface area contributed by atoms with Crippen LogP contribution in [0.25, 0.3) is 0 Å². The number of nitrogens with one attached hydrogen (secondary N) is 1. The van der Waals surface area contributed by atoms with Crippen LogP contribution >= 0.6 is 0 Å². The van der Waals surface area contributed by atoms with Crippen LogP contribution in [-0.2, 0) is 9.53 Å². The van der Waals surface area contributed by atoms with Gasteiger partial charge in [-0.15, -0.1) is 0 Å². The van der Waals surface area contributed by atoms with E-state index in [1.165, 1.54) is 0 Å². The minimum atomic E-state index is 0.0128. The van der Waals surface area contributed by atoms with Crippen LogP contribution in [0.5, 0.6) is 5.75 Å². The fourth-order valence-electron chi connectivity index (χ4n) is 3.72. The molecule has 3 aliphatic rings. The average molecular weight is 385 g/mol. The summed E-state index contributed by atoms with van der Waals surface area (Å²) < 4.78 is 11.3. The number of amidine groups is 1. The van der Waals surface area contributed by atoms with Crippen LogP contribution in [0.3, 0.4) is 0 Å². The predicted molar refractivity (Wildman–Crippen MR) is 105 cm³/mol. The molecule has 3 aliphatic heterocycles. The van der Waals surface area contributed by atoms with E-state index in [1.54, 1.807) is 12.4 Å². The largest absolute Gasteiger partial charge is 0.490 e. The molecule has 1 atom stereocenters. The van der Waals surface area contributed by atoms with E-state index in [4.69, 9.17) is 14.5 Å². The van der Waals surface area contributed by atoms with Crippen LogP contribution in [0, 0.1) is 0 Å². The summed E-state index contributed by atoms with van der Waals surface area (Å²) >= 11 is 0. The molecule has 0 spiro atoms. The maximum Gasteiger partial charge on any atom is 0.272 e. The first-order chi connectivity index (χ1) is 13.8. The summed E-state index contributed by atoms with van der Waals surface area (Å²) in [6.07, 6.45) is 7.11. The SMILES string of the molecule is O=C(C1=CCCC(N2CCNCC2COc2cccnc2)=N1)N1CCOCC1. The zero-order valence-corrected chi connectivity index (χ0v) is 16.0. The summed E-state index contributed by atoms with van der Waals surface area (Å²) in [5.41, 5.74) is 0.564. The molecular formula is C20H27N5O3. The van der Waals surface area contributed by atoms with Gasteiger partial charge in [0.15, 0.2) is 0 Å². The summed E-state index contributed by atoms with van der Waals surface area (Å²) in [7, 11) is 0. The number of carbonyl (C=O) groups excluding carboxylic acids is 1. The lowest BCUT2D eigenvalue weighted by molar-refractivity contribution is -0.131. The fraction of sp³-hybridized carbons (Fsp3) is 0.550. The Morgan fingerprint density at radius 2 is 2.21 bits per heavy atom. The van der Waals surface area contributed by atoms with Crippen molar-refractivity contribution in [1.82, 2.24) is 20.1 Å². The van der Waals surface area contributed by atoms with Crippen LogP contribution in [0.15, 0.2) is 41.3 Å². The van der Waals surface area contributed by atoms with Crippen molar-refractivity contribution in [3.8, 4) is 5.75 Å². The van der Waals surface area contributed by atoms with Gasteiger partial charge in [0.25, 0.3) is 5.91 Å². The lowest BCUT2D eigenvalue weighted by Gasteiger charge is -2.39. The molecule has 4 rings (SSSR count). The molecule has 28 heavy (non-hydrogen) atoms. The van der Waals surface area contributed by atoms with Gasteiger partial charge in [-0.05, 0) is 18.6 Å². The van der Waals surface area contributed by atoms with Crippen molar-refractivity contribution >= 4 is 11.7 Å². The standard InChI is InChI=1S/C20H27N5O3/c26-20(24-9-11-27-12-10-24)18-4-1-5-19(23-18)25-8-7-22-13-16(25)15-28-17-3-2-6-21-14-17/h2-4,6,14,16,22H,1,5,7-13,15H2. The third kappa shape index (κ3) is 4.51. The number of rotatable bonds is 4. The molecule has 0 aromatic carbocycles. The number of nitrogens with zero attached hydrogens (tertiary/aromatic N) is 4. The first-order valence-electron chi connectivity index (χ1n) is 9.96. The molecule has 4 heterocycles. The van der Waals surface area contributed by atoms with Crippen LogP contribution in [0.2, 0.25) is 0 Å². The first-order valence-corrected chi connectivity index (χ1v) is 9.96. The monoisotopic (exact) mass is 385 g/mol. The number of piperazine rings is 1. The number of ether oxygens (including phenoxy) is 2. The second kappa shape index (κ2) is 9.16. The lowest BCUT2D eigenvalue weighted by Crippen LogP contribution is -2.56. The second-order valence-corrected chi connectivity index (χ2v) is 7.11. The van der Waals surface area contributed by atoms with Crippen molar-refractivity contribution in [2.75, 3.05) is 52.5 Å². The molecule has 1 aromatic rings. The maximum atomic E-state index is 12.8. The number of hydrogen-bond acceptors (Lipinski definition) is 7. The quantitative estimate of drug-likeness (QED) is 0.821. The summed E-state index contributed by atoms with van der Waals surface area (Å²) in [6.45, 7) is 5.61. The Morgan fingerprint density at radius 1 is 1.32 bits per heavy atom. The number of aliphatic imine (C=N–C) groups is 1. The topological polar surface area (TPSA) is 79.3 Å². The van der Waals surface area contributed by atoms with Crippen molar-refractivity contribution in [2.45, 2.75) is 18.9 Å². The molecule has 1 unspecified atom stereocenters. The molecule has 150 valence electrons. The van der Waals surface area contributed by atoms with Crippen LogP contribution in [0.1, 0.15) is 12.8 Å². The Kier molecular flexibility index (Phi) is 6.18. The third-order valence-corrected chi connectivity index (χ3v) is 5.23. The maximum absolute atomic E-state index is 12.8. The highest BCUT2D eigenvalue weighted by Gasteiger charge is 2.29. The Bertz CT molecular complexity index is 731. The van der Waals surface area contributed by atoms with Gasteiger partial charge < -0.3 is 24.6 Å². The molecule has 2 fully saturated rings. The summed E-state index contributed by atoms with van der Waals surface area (Å²) in [5.74, 6) is 1.76. The zero-order valence-electron chi connectivity index (χ0n) is 16.0. The van der Waals surface area contributed by atoms with Gasteiger partial charge in [-0.1, -0.05) is 6.08 Å². The van der Waals surface area contributed by atoms with Crippen LogP contribution < -0.4 is 10.1 Å². The lowest BCUT2D eigenvalue weighted by atomic mass is 10.1. The molecule has 0 bridgehead atoms. The fourth-order valence-corrected chi connectivity index (χ4v) is 3.72. The van der Waals surface area contributed by atoms with Crippen LogP contribution in [-0.4, -0.2) is 85.1 Å². The summed E-state index contributed by atoms with van der Waals surface area (Å²) in [5, 5.41) is 3.43. The molecular weight excluding hydrogens is 358 g/mol. The molecule has 0 radical (unpaired) electrons. The second-order valence-electron chi connectivity index (χ2n) is 7.11. The molecule has 0 saturated carbocycles. The van der Waals surface area contributed by atoms with Gasteiger partial charge in [0.05, 0.1) is 25.5 Å². The van der Waals surface area contributed by atoms with Gasteiger partial charge in [-0.3, -0.25) is 9.78 Å². The predicted octanol–water partition coefficient (Wildman–Crippen LogP) is 0.669. The van der Waals surface area contributed by atoms with Gasteiger partial charge in [0.1, 0.15) is 23.9 Å². The number of allylic oxidation sites excluding steroid dienone is 1. The molecule has 0 aliphatic carbocycles. The van der Waals surface area contributed by atoms with Crippen molar-refractivity contribution in [2.24, 2.45) is 4.99 Å². The highest BCUT2D eigenvalue weighted by atomic mass is 16.5. The van der Waals surface area contributed by atoms with E-state index in [0.29, 0.717) is 38.6 Å². The van der Waals surface area contributed by atoms with E-state index in [0.717, 1.165) is 44.1 Å². The van der Waals surface area contributed by atoms with Crippen molar-refractivity contribution in [3.05, 3.63) is 36.3 Å². The van der Waals surface area contributed by atoms with Gasteiger partial charge in [0, 0.05) is 45.3 Å². The third-order valence-electron chi connectivity index (χ3n) is 5.23. The van der Waals surface area contributed by atoms with Crippen molar-refractivity contribution < 1.29 is 14.3 Å². The van der Waals surface area contributed by atoms with E-state index >= 15 is 0 Å². The van der Waals surface area contributed by atoms with Crippen molar-refractivity contribution in [1.29, 1.82) is 0 Å². The van der Waals surface area contributed by atoms with E-state index in [1.807, 2.05) is 23.1 Å². The molecule has 1 amide bonds. The minimum absolute atomic E-state index is 0.0128. The number of aromatic nitrogens is 1. The highest BCUT2D eigenvalue weighted by molar-refractivity contribution is 5.98. The van der Waals surface area contributed by atoms with Gasteiger partial charge in [-0.2, -0.15) is 0 Å².